The van der Waals surface area contributed by atoms with Crippen molar-refractivity contribution in [2.45, 2.75) is 51.4 Å². The molecular formula is C22H26FN3O3. The third kappa shape index (κ3) is 4.26. The lowest BCUT2D eigenvalue weighted by molar-refractivity contribution is -0.179. The second-order valence-corrected chi connectivity index (χ2v) is 7.70. The maximum Gasteiger partial charge on any atom is 0.244 e. The number of nitrogens with one attached hydrogen (secondary N) is 1. The Labute approximate surface area is 169 Å². The molecule has 0 atom stereocenters. The fraction of sp³-hybridized carbons (Fsp3) is 0.455. The number of ether oxygens (including phenoxy) is 2. The van der Waals surface area contributed by atoms with Crippen molar-refractivity contribution < 1.29 is 18.7 Å². The fourth-order valence-corrected chi connectivity index (χ4v) is 4.13. The number of carbonyl (C=O) groups excluding carboxylic acids is 1. The van der Waals surface area contributed by atoms with Crippen molar-refractivity contribution in [3.05, 3.63) is 53.1 Å². The zero-order valence-electron chi connectivity index (χ0n) is 16.8. The monoisotopic (exact) mass is 399 g/mol. The van der Waals surface area contributed by atoms with Gasteiger partial charge in [-0.05, 0) is 57.0 Å². The van der Waals surface area contributed by atoms with Gasteiger partial charge in [0, 0.05) is 36.2 Å². The highest BCUT2D eigenvalue weighted by molar-refractivity contribution is 5.92. The van der Waals surface area contributed by atoms with Crippen LogP contribution in [0, 0.1) is 19.7 Å². The molecule has 2 heterocycles. The van der Waals surface area contributed by atoms with Gasteiger partial charge >= 0.3 is 0 Å². The zero-order chi connectivity index (χ0) is 20.4. The van der Waals surface area contributed by atoms with Crippen molar-refractivity contribution in [2.24, 2.45) is 0 Å². The number of carbonyl (C=O) groups is 1. The molecule has 1 amide bonds. The molecule has 1 aromatic heterocycles. The molecule has 1 aromatic carbocycles. The van der Waals surface area contributed by atoms with Gasteiger partial charge in [0.15, 0.2) is 5.79 Å². The molecular weight excluding hydrogens is 373 g/mol. The minimum Gasteiger partial charge on any atom is -0.350 e. The highest BCUT2D eigenvalue weighted by atomic mass is 19.1. The minimum atomic E-state index is -0.416. The van der Waals surface area contributed by atoms with Gasteiger partial charge in [-0.1, -0.05) is 0 Å². The van der Waals surface area contributed by atoms with E-state index in [-0.39, 0.29) is 17.8 Å². The van der Waals surface area contributed by atoms with Crippen molar-refractivity contribution in [1.82, 2.24) is 15.1 Å². The second-order valence-electron chi connectivity index (χ2n) is 7.70. The molecule has 1 saturated carbocycles. The van der Waals surface area contributed by atoms with Crippen molar-refractivity contribution in [3.63, 3.8) is 0 Å². The van der Waals surface area contributed by atoms with Gasteiger partial charge in [-0.15, -0.1) is 0 Å². The Hall–Kier alpha value is -2.51. The number of rotatable bonds is 4. The molecule has 7 heteroatoms. The predicted molar refractivity (Wildman–Crippen MR) is 107 cm³/mol. The van der Waals surface area contributed by atoms with Crippen molar-refractivity contribution in [1.29, 1.82) is 0 Å². The van der Waals surface area contributed by atoms with Gasteiger partial charge in [0.2, 0.25) is 5.91 Å². The van der Waals surface area contributed by atoms with Gasteiger partial charge in [-0.3, -0.25) is 4.79 Å². The highest BCUT2D eigenvalue weighted by Gasteiger charge is 2.40. The van der Waals surface area contributed by atoms with Crippen molar-refractivity contribution in [3.8, 4) is 5.69 Å². The summed E-state index contributed by atoms with van der Waals surface area (Å²) >= 11 is 0. The lowest BCUT2D eigenvalue weighted by Gasteiger charge is -2.35. The summed E-state index contributed by atoms with van der Waals surface area (Å²) in [5, 5.41) is 7.60. The molecule has 1 aliphatic carbocycles. The molecule has 1 saturated heterocycles. The summed E-state index contributed by atoms with van der Waals surface area (Å²) in [6.45, 7) is 5.14. The largest absolute Gasteiger partial charge is 0.350 e. The van der Waals surface area contributed by atoms with Crippen LogP contribution in [0.3, 0.4) is 0 Å². The molecule has 154 valence electrons. The van der Waals surface area contributed by atoms with E-state index in [0.717, 1.165) is 48.3 Å². The summed E-state index contributed by atoms with van der Waals surface area (Å²) in [4.78, 5) is 12.4. The molecule has 2 fully saturated rings. The number of nitrogens with zero attached hydrogens (tertiary/aromatic N) is 2. The Balaban J connectivity index is 1.39. The van der Waals surface area contributed by atoms with E-state index in [1.165, 1.54) is 12.1 Å². The molecule has 1 spiro atoms. The number of hydrogen-bond donors (Lipinski definition) is 1. The van der Waals surface area contributed by atoms with Crippen LogP contribution in [0.5, 0.6) is 0 Å². The summed E-state index contributed by atoms with van der Waals surface area (Å²) in [6, 6.07) is 6.32. The first-order valence-electron chi connectivity index (χ1n) is 10.0. The smallest absolute Gasteiger partial charge is 0.244 e. The fourth-order valence-electron chi connectivity index (χ4n) is 4.13. The Morgan fingerprint density at radius 3 is 2.52 bits per heavy atom. The quantitative estimate of drug-likeness (QED) is 0.800. The van der Waals surface area contributed by atoms with Crippen LogP contribution in [0.15, 0.2) is 30.3 Å². The van der Waals surface area contributed by atoms with Gasteiger partial charge < -0.3 is 14.8 Å². The molecule has 0 bridgehead atoms. The van der Waals surface area contributed by atoms with Crippen molar-refractivity contribution in [2.75, 3.05) is 13.2 Å². The molecule has 0 radical (unpaired) electrons. The molecule has 4 rings (SSSR count). The molecule has 2 aliphatic rings. The molecule has 1 aliphatic heterocycles. The normalized spacial score (nSPS) is 19.3. The number of aryl methyl sites for hydroxylation is 1. The van der Waals surface area contributed by atoms with Gasteiger partial charge in [-0.2, -0.15) is 5.10 Å². The topological polar surface area (TPSA) is 65.4 Å². The van der Waals surface area contributed by atoms with Crippen LogP contribution in [0.2, 0.25) is 0 Å². The second kappa shape index (κ2) is 8.08. The highest BCUT2D eigenvalue weighted by Crippen LogP contribution is 2.35. The first-order chi connectivity index (χ1) is 14.0. The van der Waals surface area contributed by atoms with Gasteiger partial charge in [0.1, 0.15) is 5.82 Å². The average molecular weight is 399 g/mol. The summed E-state index contributed by atoms with van der Waals surface area (Å²) in [6.07, 6.45) is 6.66. The van der Waals surface area contributed by atoms with E-state index in [9.17, 15) is 9.18 Å². The van der Waals surface area contributed by atoms with Gasteiger partial charge in [0.25, 0.3) is 0 Å². The zero-order valence-corrected chi connectivity index (χ0v) is 16.8. The third-order valence-electron chi connectivity index (χ3n) is 5.73. The molecule has 1 N–H and O–H groups in total. The van der Waals surface area contributed by atoms with E-state index in [0.29, 0.717) is 13.2 Å². The number of aromatic nitrogens is 2. The number of halogens is 1. The molecule has 2 aromatic rings. The number of hydrogen-bond acceptors (Lipinski definition) is 4. The van der Waals surface area contributed by atoms with Crippen LogP contribution in [0.25, 0.3) is 11.8 Å². The summed E-state index contributed by atoms with van der Waals surface area (Å²) in [7, 11) is 0. The maximum atomic E-state index is 13.2. The van der Waals surface area contributed by atoms with E-state index in [4.69, 9.17) is 9.47 Å². The lowest BCUT2D eigenvalue weighted by atomic mass is 9.90. The predicted octanol–water partition coefficient (Wildman–Crippen LogP) is 3.44. The van der Waals surface area contributed by atoms with E-state index < -0.39 is 5.79 Å². The van der Waals surface area contributed by atoms with E-state index in [1.54, 1.807) is 29.0 Å². The molecule has 29 heavy (non-hydrogen) atoms. The summed E-state index contributed by atoms with van der Waals surface area (Å²) in [5.74, 6) is -0.820. The molecule has 0 unspecified atom stereocenters. The Morgan fingerprint density at radius 1 is 1.21 bits per heavy atom. The first kappa shape index (κ1) is 19.8. The average Bonchev–Trinajstić information content (AvgIpc) is 3.28. The van der Waals surface area contributed by atoms with Gasteiger partial charge in [0.05, 0.1) is 24.6 Å². The maximum absolute atomic E-state index is 13.2. The SMILES string of the molecule is Cc1nn(-c2ccc(F)cc2)c(C)c1/C=C/C(=O)NC1CCC2(CC1)OCCO2. The number of benzene rings is 1. The summed E-state index contributed by atoms with van der Waals surface area (Å²) < 4.78 is 26.4. The Morgan fingerprint density at radius 2 is 1.86 bits per heavy atom. The standard InChI is InChI=1S/C22H26FN3O3/c1-15-20(16(2)26(25-15)19-5-3-17(23)4-6-19)7-8-21(27)24-18-9-11-22(12-10-18)28-13-14-29-22/h3-8,18H,9-14H2,1-2H3,(H,24,27)/b8-7+. The van der Waals surface area contributed by atoms with E-state index >= 15 is 0 Å². The van der Waals surface area contributed by atoms with Gasteiger partial charge in [-0.25, -0.2) is 9.07 Å². The van der Waals surface area contributed by atoms with Crippen LogP contribution < -0.4 is 5.32 Å². The first-order valence-corrected chi connectivity index (χ1v) is 10.0. The van der Waals surface area contributed by atoms with E-state index in [2.05, 4.69) is 10.4 Å². The third-order valence-corrected chi connectivity index (χ3v) is 5.73. The van der Waals surface area contributed by atoms with Crippen LogP contribution in [-0.4, -0.2) is 40.7 Å². The van der Waals surface area contributed by atoms with E-state index in [1.807, 2.05) is 13.8 Å². The van der Waals surface area contributed by atoms with Crippen LogP contribution in [-0.2, 0) is 14.3 Å². The lowest BCUT2D eigenvalue weighted by Crippen LogP contribution is -2.43. The van der Waals surface area contributed by atoms with Crippen molar-refractivity contribution >= 4 is 12.0 Å². The Kier molecular flexibility index (Phi) is 5.52. The minimum absolute atomic E-state index is 0.118. The van der Waals surface area contributed by atoms with Crippen LogP contribution in [0.4, 0.5) is 4.39 Å². The Bertz CT molecular complexity index is 904. The number of amides is 1. The van der Waals surface area contributed by atoms with Crippen LogP contribution in [0.1, 0.15) is 42.6 Å². The molecule has 6 nitrogen and oxygen atoms in total. The van der Waals surface area contributed by atoms with Crippen LogP contribution >= 0.6 is 0 Å². The summed E-state index contributed by atoms with van der Waals surface area (Å²) in [5.41, 5.74) is 3.38.